The predicted octanol–water partition coefficient (Wildman–Crippen LogP) is -2.08. The molecule has 0 saturated carbocycles. The summed E-state index contributed by atoms with van der Waals surface area (Å²) in [5.41, 5.74) is 11.1. The zero-order valence-corrected chi connectivity index (χ0v) is 6.85. The van der Waals surface area contributed by atoms with E-state index in [1.165, 1.54) is 4.90 Å². The number of hydrogen-bond donors (Lipinski definition) is 4. The Balaban J connectivity index is 2.64. The van der Waals surface area contributed by atoms with Crippen LogP contribution in [0.2, 0.25) is 0 Å². The van der Waals surface area contributed by atoms with Gasteiger partial charge < -0.3 is 27.3 Å². The molecule has 0 aromatic heterocycles. The van der Waals surface area contributed by atoms with E-state index in [2.05, 4.69) is 5.10 Å². The highest BCUT2D eigenvalue weighted by molar-refractivity contribution is 5.78. The van der Waals surface area contributed by atoms with Gasteiger partial charge in [-0.05, 0) is 12.8 Å². The summed E-state index contributed by atoms with van der Waals surface area (Å²) in [6.45, 7) is 0.654. The Morgan fingerprint density at radius 1 is 1.58 bits per heavy atom. The van der Waals surface area contributed by atoms with Gasteiger partial charge >= 0.3 is 0 Å². The van der Waals surface area contributed by atoms with Crippen molar-refractivity contribution < 1.29 is 5.11 Å². The molecule has 1 heterocycles. The Morgan fingerprint density at radius 2 is 2.25 bits per heavy atom. The molecule has 0 aliphatic carbocycles. The van der Waals surface area contributed by atoms with Gasteiger partial charge in [0.25, 0.3) is 0 Å². The molecule has 1 aliphatic rings. The summed E-state index contributed by atoms with van der Waals surface area (Å²) >= 11 is 0. The third kappa shape index (κ3) is 1.59. The van der Waals surface area contributed by atoms with Crippen molar-refractivity contribution in [2.24, 2.45) is 22.4 Å². The van der Waals surface area contributed by atoms with E-state index in [1.54, 1.807) is 0 Å². The Hall–Kier alpha value is -1.01. The molecule has 0 bridgehead atoms. The van der Waals surface area contributed by atoms with E-state index in [4.69, 9.17) is 17.3 Å². The molecule has 6 heteroatoms. The minimum Gasteiger partial charge on any atom is -0.372 e. The van der Waals surface area contributed by atoms with E-state index >= 15 is 0 Å². The summed E-state index contributed by atoms with van der Waals surface area (Å²) in [5, 5.41) is 12.8. The molecular formula is C6H15N5O. The minimum atomic E-state index is -0.758. The van der Waals surface area contributed by atoms with Crippen LogP contribution < -0.4 is 17.3 Å². The fourth-order valence-corrected chi connectivity index (χ4v) is 1.33. The lowest BCUT2D eigenvalue weighted by molar-refractivity contribution is 0.00589. The first-order chi connectivity index (χ1) is 5.66. The number of piperidine rings is 1. The van der Waals surface area contributed by atoms with Crippen LogP contribution in [0.3, 0.4) is 0 Å². The van der Waals surface area contributed by atoms with Gasteiger partial charge in [-0.1, -0.05) is 0 Å². The predicted molar refractivity (Wildman–Crippen MR) is 45.7 cm³/mol. The first-order valence-corrected chi connectivity index (χ1v) is 3.90. The number of hydrogen-bond acceptors (Lipinski definition) is 4. The maximum Gasteiger partial charge on any atom is 0.215 e. The average molecular weight is 173 g/mol. The second-order valence-electron chi connectivity index (χ2n) is 2.90. The molecule has 2 atom stereocenters. The maximum atomic E-state index is 9.52. The molecule has 1 saturated heterocycles. The molecule has 1 fully saturated rings. The smallest absolute Gasteiger partial charge is 0.215 e. The number of aliphatic hydroxyl groups is 1. The van der Waals surface area contributed by atoms with Crippen molar-refractivity contribution in [2.45, 2.75) is 25.1 Å². The highest BCUT2D eigenvalue weighted by atomic mass is 16.3. The van der Waals surface area contributed by atoms with Crippen molar-refractivity contribution in [3.8, 4) is 0 Å². The zero-order valence-electron chi connectivity index (χ0n) is 6.85. The van der Waals surface area contributed by atoms with Gasteiger partial charge in [0.2, 0.25) is 5.96 Å². The van der Waals surface area contributed by atoms with E-state index in [1.807, 2.05) is 0 Å². The minimum absolute atomic E-state index is 0.137. The van der Waals surface area contributed by atoms with Crippen molar-refractivity contribution in [2.75, 3.05) is 6.54 Å². The average Bonchev–Trinajstić information content (AvgIpc) is 2.08. The Labute approximate surface area is 71.0 Å². The fourth-order valence-electron chi connectivity index (χ4n) is 1.33. The third-order valence-electron chi connectivity index (χ3n) is 2.07. The molecule has 0 aromatic carbocycles. The van der Waals surface area contributed by atoms with Crippen LogP contribution in [0.25, 0.3) is 0 Å². The standard InChI is InChI=1S/C6H15N5O/c7-4-2-1-3-11(5(4)12)6(8)10-9/h4-5,12H,1-3,7,9H2,(H2,8,10). The van der Waals surface area contributed by atoms with E-state index in [9.17, 15) is 5.11 Å². The van der Waals surface area contributed by atoms with Crippen LogP contribution in [0.1, 0.15) is 12.8 Å². The highest BCUT2D eigenvalue weighted by Crippen LogP contribution is 2.12. The third-order valence-corrected chi connectivity index (χ3v) is 2.07. The molecule has 0 spiro atoms. The number of nitrogens with two attached hydrogens (primary N) is 3. The summed E-state index contributed by atoms with van der Waals surface area (Å²) in [5.74, 6) is 5.12. The van der Waals surface area contributed by atoms with Gasteiger partial charge in [0.1, 0.15) is 6.23 Å². The molecular weight excluding hydrogens is 158 g/mol. The molecule has 1 rings (SSSR count). The fraction of sp³-hybridized carbons (Fsp3) is 0.833. The van der Waals surface area contributed by atoms with Crippen molar-refractivity contribution in [3.05, 3.63) is 0 Å². The van der Waals surface area contributed by atoms with E-state index in [0.29, 0.717) is 6.54 Å². The summed E-state index contributed by atoms with van der Waals surface area (Å²) < 4.78 is 0. The van der Waals surface area contributed by atoms with E-state index < -0.39 is 6.23 Å². The quantitative estimate of drug-likeness (QED) is 0.145. The van der Waals surface area contributed by atoms with Gasteiger partial charge in [-0.3, -0.25) is 0 Å². The molecule has 12 heavy (non-hydrogen) atoms. The van der Waals surface area contributed by atoms with Crippen LogP contribution in [0, 0.1) is 0 Å². The summed E-state index contributed by atoms with van der Waals surface area (Å²) in [7, 11) is 0. The van der Waals surface area contributed by atoms with Crippen molar-refractivity contribution >= 4 is 5.96 Å². The molecule has 70 valence electrons. The van der Waals surface area contributed by atoms with Crippen LogP contribution >= 0.6 is 0 Å². The van der Waals surface area contributed by atoms with Crippen molar-refractivity contribution in [1.82, 2.24) is 4.90 Å². The van der Waals surface area contributed by atoms with Gasteiger partial charge in [0.05, 0.1) is 0 Å². The number of guanidine groups is 1. The lowest BCUT2D eigenvalue weighted by atomic mass is 10.1. The van der Waals surface area contributed by atoms with Gasteiger partial charge in [0, 0.05) is 12.6 Å². The number of aliphatic hydroxyl groups excluding tert-OH is 1. The van der Waals surface area contributed by atoms with Gasteiger partial charge in [-0.2, -0.15) is 0 Å². The number of rotatable bonds is 0. The SMILES string of the molecule is N/N=C(\N)N1CCCC(N)C1O. The van der Waals surface area contributed by atoms with Gasteiger partial charge in [-0.25, -0.2) is 0 Å². The number of nitrogens with zero attached hydrogens (tertiary/aromatic N) is 2. The Kier molecular flexibility index (Phi) is 2.72. The first-order valence-electron chi connectivity index (χ1n) is 3.90. The van der Waals surface area contributed by atoms with Crippen LogP contribution in [-0.2, 0) is 0 Å². The second kappa shape index (κ2) is 3.59. The Bertz CT molecular complexity index is 183. The van der Waals surface area contributed by atoms with Crippen LogP contribution in [0.15, 0.2) is 5.10 Å². The molecule has 0 radical (unpaired) electrons. The highest BCUT2D eigenvalue weighted by Gasteiger charge is 2.27. The molecule has 7 N–H and O–H groups in total. The summed E-state index contributed by atoms with van der Waals surface area (Å²) in [4.78, 5) is 1.51. The first kappa shape index (κ1) is 9.08. The van der Waals surface area contributed by atoms with Crippen LogP contribution in [-0.4, -0.2) is 34.8 Å². The molecule has 6 nitrogen and oxygen atoms in total. The van der Waals surface area contributed by atoms with E-state index in [-0.39, 0.29) is 12.0 Å². The van der Waals surface area contributed by atoms with E-state index in [0.717, 1.165) is 12.8 Å². The zero-order chi connectivity index (χ0) is 9.14. The van der Waals surface area contributed by atoms with Crippen molar-refractivity contribution in [3.63, 3.8) is 0 Å². The molecule has 0 amide bonds. The maximum absolute atomic E-state index is 9.52. The summed E-state index contributed by atoms with van der Waals surface area (Å²) in [6, 6.07) is -0.265. The van der Waals surface area contributed by atoms with Crippen molar-refractivity contribution in [1.29, 1.82) is 0 Å². The molecule has 2 unspecified atom stereocenters. The largest absolute Gasteiger partial charge is 0.372 e. The Morgan fingerprint density at radius 3 is 2.83 bits per heavy atom. The lowest BCUT2D eigenvalue weighted by Gasteiger charge is -2.36. The monoisotopic (exact) mass is 173 g/mol. The van der Waals surface area contributed by atoms with Gasteiger partial charge in [0.15, 0.2) is 0 Å². The lowest BCUT2D eigenvalue weighted by Crippen LogP contribution is -2.56. The second-order valence-corrected chi connectivity index (χ2v) is 2.90. The number of likely N-dealkylation sites (tertiary alicyclic amines) is 1. The molecule has 1 aliphatic heterocycles. The summed E-state index contributed by atoms with van der Waals surface area (Å²) in [6.07, 6.45) is 0.940. The number of hydrazone groups is 1. The molecule has 0 aromatic rings. The topological polar surface area (TPSA) is 114 Å². The van der Waals surface area contributed by atoms with Gasteiger partial charge in [-0.15, -0.1) is 5.10 Å². The van der Waals surface area contributed by atoms with Crippen LogP contribution in [0.4, 0.5) is 0 Å². The normalized spacial score (nSPS) is 32.2. The van der Waals surface area contributed by atoms with Crippen LogP contribution in [0.5, 0.6) is 0 Å².